The molecule has 0 spiro atoms. The first kappa shape index (κ1) is 15.8. The molecule has 1 aliphatic heterocycles. The third kappa shape index (κ3) is 3.63. The van der Waals surface area contributed by atoms with Gasteiger partial charge in [0, 0.05) is 13.1 Å². The van der Waals surface area contributed by atoms with Crippen molar-refractivity contribution in [2.75, 3.05) is 13.1 Å². The Hall–Kier alpha value is -2.10. The van der Waals surface area contributed by atoms with Crippen molar-refractivity contribution in [3.05, 3.63) is 53.3 Å². The van der Waals surface area contributed by atoms with Gasteiger partial charge in [0.15, 0.2) is 0 Å². The maximum Gasteiger partial charge on any atom is 0.257 e. The molecule has 1 fully saturated rings. The number of carbonyl (C=O) groups is 1. The van der Waals surface area contributed by atoms with Crippen LogP contribution in [0.25, 0.3) is 0 Å². The predicted molar refractivity (Wildman–Crippen MR) is 91.5 cm³/mol. The van der Waals surface area contributed by atoms with Crippen molar-refractivity contribution >= 4 is 5.91 Å². The molecule has 1 aliphatic rings. The fourth-order valence-electron chi connectivity index (χ4n) is 3.25. The number of hydrogen-bond acceptors (Lipinski definition) is 2. The molecule has 3 rings (SSSR count). The highest BCUT2D eigenvalue weighted by Crippen LogP contribution is 2.18. The van der Waals surface area contributed by atoms with Gasteiger partial charge in [0.25, 0.3) is 5.91 Å². The molecule has 0 radical (unpaired) electrons. The Balaban J connectivity index is 1.84. The highest BCUT2D eigenvalue weighted by Gasteiger charge is 2.23. The van der Waals surface area contributed by atoms with E-state index < -0.39 is 0 Å². The molecule has 2 aromatic rings. The molecule has 4 heteroatoms. The van der Waals surface area contributed by atoms with Crippen molar-refractivity contribution in [3.8, 4) is 0 Å². The van der Waals surface area contributed by atoms with E-state index in [2.05, 4.69) is 24.2 Å². The maximum absolute atomic E-state index is 12.8. The zero-order valence-electron chi connectivity index (χ0n) is 13.9. The van der Waals surface area contributed by atoms with Crippen LogP contribution >= 0.6 is 0 Å². The van der Waals surface area contributed by atoms with Crippen LogP contribution in [0.5, 0.6) is 0 Å². The summed E-state index contributed by atoms with van der Waals surface area (Å²) < 4.78 is 2.00. The topological polar surface area (TPSA) is 38.1 Å². The van der Waals surface area contributed by atoms with Crippen LogP contribution in [-0.2, 0) is 13.0 Å². The highest BCUT2D eigenvalue weighted by molar-refractivity contribution is 5.95. The van der Waals surface area contributed by atoms with Gasteiger partial charge < -0.3 is 4.90 Å². The van der Waals surface area contributed by atoms with E-state index in [1.54, 1.807) is 6.20 Å². The zero-order chi connectivity index (χ0) is 16.1. The average molecular weight is 311 g/mol. The van der Waals surface area contributed by atoms with Crippen molar-refractivity contribution < 1.29 is 4.79 Å². The molecule has 0 aliphatic carbocycles. The van der Waals surface area contributed by atoms with Crippen LogP contribution < -0.4 is 0 Å². The van der Waals surface area contributed by atoms with Crippen LogP contribution in [0, 0.1) is 0 Å². The Kier molecular flexibility index (Phi) is 5.11. The average Bonchev–Trinajstić information content (AvgIpc) is 2.99. The Morgan fingerprint density at radius 1 is 1.13 bits per heavy atom. The smallest absolute Gasteiger partial charge is 0.257 e. The lowest BCUT2D eigenvalue weighted by molar-refractivity contribution is 0.0723. The van der Waals surface area contributed by atoms with Gasteiger partial charge in [-0.15, -0.1) is 0 Å². The molecule has 0 bridgehead atoms. The molecule has 0 saturated carbocycles. The quantitative estimate of drug-likeness (QED) is 0.847. The summed E-state index contributed by atoms with van der Waals surface area (Å²) in [4.78, 5) is 14.8. The van der Waals surface area contributed by atoms with Gasteiger partial charge in [-0.2, -0.15) is 5.10 Å². The van der Waals surface area contributed by atoms with Crippen LogP contribution in [0.15, 0.2) is 36.5 Å². The van der Waals surface area contributed by atoms with Crippen molar-refractivity contribution in [3.63, 3.8) is 0 Å². The number of carbonyl (C=O) groups excluding carboxylic acids is 1. The van der Waals surface area contributed by atoms with Crippen LogP contribution in [0.1, 0.15) is 54.2 Å². The molecule has 1 aromatic carbocycles. The first-order chi connectivity index (χ1) is 11.3. The van der Waals surface area contributed by atoms with Gasteiger partial charge in [0.1, 0.15) is 0 Å². The normalized spacial score (nSPS) is 14.9. The van der Waals surface area contributed by atoms with E-state index in [-0.39, 0.29) is 5.91 Å². The molecular formula is C19H25N3O. The first-order valence-corrected chi connectivity index (χ1v) is 8.67. The van der Waals surface area contributed by atoms with Gasteiger partial charge >= 0.3 is 0 Å². The van der Waals surface area contributed by atoms with Gasteiger partial charge in [-0.1, -0.05) is 43.7 Å². The standard InChI is InChI=1S/C19H25N3O/c1-2-9-18-17(19(23)21-12-7-4-8-13-21)14-20-22(18)15-16-10-5-3-6-11-16/h3,5-6,10-11,14H,2,4,7-9,12-13,15H2,1H3. The summed E-state index contributed by atoms with van der Waals surface area (Å²) in [6.45, 7) is 4.64. The maximum atomic E-state index is 12.8. The fraction of sp³-hybridized carbons (Fsp3) is 0.474. The van der Waals surface area contributed by atoms with Gasteiger partial charge in [-0.05, 0) is 31.2 Å². The number of rotatable bonds is 5. The van der Waals surface area contributed by atoms with Gasteiger partial charge in [0.05, 0.1) is 24.0 Å². The van der Waals surface area contributed by atoms with E-state index in [1.807, 2.05) is 27.8 Å². The zero-order valence-corrected chi connectivity index (χ0v) is 13.9. The summed E-state index contributed by atoms with van der Waals surface area (Å²) in [7, 11) is 0. The van der Waals surface area contributed by atoms with Crippen LogP contribution in [0.2, 0.25) is 0 Å². The molecule has 0 atom stereocenters. The van der Waals surface area contributed by atoms with E-state index in [0.29, 0.717) is 0 Å². The highest BCUT2D eigenvalue weighted by atomic mass is 16.2. The fourth-order valence-corrected chi connectivity index (χ4v) is 3.25. The molecule has 2 heterocycles. The van der Waals surface area contributed by atoms with E-state index in [1.165, 1.54) is 12.0 Å². The van der Waals surface area contributed by atoms with Crippen LogP contribution in [0.4, 0.5) is 0 Å². The SMILES string of the molecule is CCCc1c(C(=O)N2CCCCC2)cnn1Cc1ccccc1. The minimum atomic E-state index is 0.160. The van der Waals surface area contributed by atoms with Crippen molar-refractivity contribution in [2.24, 2.45) is 0 Å². The first-order valence-electron chi connectivity index (χ1n) is 8.67. The summed E-state index contributed by atoms with van der Waals surface area (Å²) in [5.74, 6) is 0.160. The number of amides is 1. The second-order valence-corrected chi connectivity index (χ2v) is 6.25. The number of likely N-dealkylation sites (tertiary alicyclic amines) is 1. The third-order valence-electron chi connectivity index (χ3n) is 4.48. The van der Waals surface area contributed by atoms with Crippen molar-refractivity contribution in [2.45, 2.75) is 45.6 Å². The summed E-state index contributed by atoms with van der Waals surface area (Å²) in [6.07, 6.45) is 7.15. The lowest BCUT2D eigenvalue weighted by Crippen LogP contribution is -2.36. The largest absolute Gasteiger partial charge is 0.339 e. The van der Waals surface area contributed by atoms with Gasteiger partial charge in [0.2, 0.25) is 0 Å². The molecule has 4 nitrogen and oxygen atoms in total. The molecular weight excluding hydrogens is 286 g/mol. The van der Waals surface area contributed by atoms with Crippen molar-refractivity contribution in [1.82, 2.24) is 14.7 Å². The monoisotopic (exact) mass is 311 g/mol. The Morgan fingerprint density at radius 2 is 1.87 bits per heavy atom. The molecule has 0 N–H and O–H groups in total. The predicted octanol–water partition coefficient (Wildman–Crippen LogP) is 3.51. The molecule has 1 saturated heterocycles. The van der Waals surface area contributed by atoms with Gasteiger partial charge in [-0.3, -0.25) is 9.48 Å². The van der Waals surface area contributed by atoms with Crippen LogP contribution in [-0.4, -0.2) is 33.7 Å². The molecule has 23 heavy (non-hydrogen) atoms. The van der Waals surface area contributed by atoms with Crippen molar-refractivity contribution in [1.29, 1.82) is 0 Å². The van der Waals surface area contributed by atoms with E-state index in [9.17, 15) is 4.79 Å². The molecule has 1 amide bonds. The van der Waals surface area contributed by atoms with E-state index in [0.717, 1.165) is 56.6 Å². The number of aromatic nitrogens is 2. The van der Waals surface area contributed by atoms with E-state index in [4.69, 9.17) is 0 Å². The summed E-state index contributed by atoms with van der Waals surface area (Å²) in [5, 5.41) is 4.52. The van der Waals surface area contributed by atoms with Gasteiger partial charge in [-0.25, -0.2) is 0 Å². The Bertz CT molecular complexity index is 642. The Labute approximate surface area is 138 Å². The summed E-state index contributed by atoms with van der Waals surface area (Å²) >= 11 is 0. The molecule has 1 aromatic heterocycles. The minimum absolute atomic E-state index is 0.160. The summed E-state index contributed by atoms with van der Waals surface area (Å²) in [6, 6.07) is 10.3. The number of piperidine rings is 1. The van der Waals surface area contributed by atoms with E-state index >= 15 is 0 Å². The lowest BCUT2D eigenvalue weighted by Gasteiger charge is -2.26. The second kappa shape index (κ2) is 7.44. The number of nitrogens with zero attached hydrogens (tertiary/aromatic N) is 3. The second-order valence-electron chi connectivity index (χ2n) is 6.25. The number of benzene rings is 1. The third-order valence-corrected chi connectivity index (χ3v) is 4.48. The minimum Gasteiger partial charge on any atom is -0.339 e. The number of hydrogen-bond donors (Lipinski definition) is 0. The molecule has 0 unspecified atom stereocenters. The summed E-state index contributed by atoms with van der Waals surface area (Å²) in [5.41, 5.74) is 3.08. The van der Waals surface area contributed by atoms with Crippen LogP contribution in [0.3, 0.4) is 0 Å². The Morgan fingerprint density at radius 3 is 2.57 bits per heavy atom. The molecule has 122 valence electrons. The lowest BCUT2D eigenvalue weighted by atomic mass is 10.1.